The molecule has 11 heteroatoms. The van der Waals surface area contributed by atoms with E-state index in [2.05, 4.69) is 5.32 Å². The van der Waals surface area contributed by atoms with Gasteiger partial charge in [-0.25, -0.2) is 14.5 Å². The third kappa shape index (κ3) is 3.89. The molecule has 3 amide bonds. The predicted octanol–water partition coefficient (Wildman–Crippen LogP) is 0.899. The molecule has 1 aliphatic heterocycles. The van der Waals surface area contributed by atoms with Crippen molar-refractivity contribution in [2.24, 2.45) is 14.1 Å². The van der Waals surface area contributed by atoms with Gasteiger partial charge in [-0.3, -0.25) is 23.5 Å². The molecule has 3 heterocycles. The van der Waals surface area contributed by atoms with Gasteiger partial charge in [0.15, 0.2) is 6.61 Å². The molecule has 0 aliphatic carbocycles. The number of aromatic nitrogens is 3. The van der Waals surface area contributed by atoms with Gasteiger partial charge in [0.25, 0.3) is 17.4 Å². The van der Waals surface area contributed by atoms with Gasteiger partial charge in [-0.1, -0.05) is 37.3 Å². The van der Waals surface area contributed by atoms with Gasteiger partial charge in [0.1, 0.15) is 11.3 Å². The highest BCUT2D eigenvalue weighted by molar-refractivity contribution is 5.99. The van der Waals surface area contributed by atoms with Crippen molar-refractivity contribution in [2.45, 2.75) is 25.9 Å². The summed E-state index contributed by atoms with van der Waals surface area (Å²) < 4.78 is 8.78. The van der Waals surface area contributed by atoms with Crippen molar-refractivity contribution >= 4 is 28.9 Å². The van der Waals surface area contributed by atoms with Crippen molar-refractivity contribution in [2.75, 3.05) is 13.2 Å². The summed E-state index contributed by atoms with van der Waals surface area (Å²) in [7, 11) is 2.94. The van der Waals surface area contributed by atoms with Gasteiger partial charge in [-0.05, 0) is 18.1 Å². The Kier molecular flexibility index (Phi) is 6.10. The Hall–Kier alpha value is -4.15. The molecule has 1 aromatic carbocycles. The van der Waals surface area contributed by atoms with Gasteiger partial charge < -0.3 is 14.6 Å². The van der Waals surface area contributed by atoms with Crippen LogP contribution in [0.25, 0.3) is 11.0 Å². The molecule has 3 aromatic rings. The molecule has 11 nitrogen and oxygen atoms in total. The minimum Gasteiger partial charge on any atom is -0.439 e. The minimum absolute atomic E-state index is 0.109. The fourth-order valence-electron chi connectivity index (χ4n) is 4.17. The lowest BCUT2D eigenvalue weighted by Crippen LogP contribution is -2.41. The zero-order chi connectivity index (χ0) is 24.6. The summed E-state index contributed by atoms with van der Waals surface area (Å²) in [5, 5.41) is 3.14. The van der Waals surface area contributed by atoms with E-state index < -0.39 is 35.2 Å². The molecular formula is C23H25N5O6. The molecule has 0 spiro atoms. The van der Waals surface area contributed by atoms with Gasteiger partial charge in [0.05, 0.1) is 18.0 Å². The third-order valence-corrected chi connectivity index (χ3v) is 5.89. The lowest BCUT2D eigenvalue weighted by atomic mass is 10.1. The van der Waals surface area contributed by atoms with Crippen LogP contribution in [0.2, 0.25) is 0 Å². The number of rotatable bonds is 7. The number of nitrogens with one attached hydrogen (secondary N) is 1. The second kappa shape index (κ2) is 9.00. The van der Waals surface area contributed by atoms with Gasteiger partial charge in [-0.2, -0.15) is 0 Å². The van der Waals surface area contributed by atoms with Crippen LogP contribution < -0.4 is 16.6 Å². The minimum atomic E-state index is -0.765. The number of benzene rings is 1. The van der Waals surface area contributed by atoms with Gasteiger partial charge in [0, 0.05) is 20.6 Å². The van der Waals surface area contributed by atoms with Crippen LogP contribution in [-0.2, 0) is 30.2 Å². The highest BCUT2D eigenvalue weighted by atomic mass is 16.6. The predicted molar refractivity (Wildman–Crippen MR) is 122 cm³/mol. The number of hydrogen-bond acceptors (Lipinski definition) is 6. The van der Waals surface area contributed by atoms with E-state index in [9.17, 15) is 24.0 Å². The Balaban J connectivity index is 1.77. The molecule has 1 atom stereocenters. The average Bonchev–Trinajstić information content (AvgIpc) is 3.37. The van der Waals surface area contributed by atoms with Crippen LogP contribution in [0, 0.1) is 0 Å². The maximum absolute atomic E-state index is 13.5. The number of nitrogens with zero attached hydrogens (tertiary/aromatic N) is 4. The fraction of sp³-hybridized carbons (Fsp3) is 0.348. The third-order valence-electron chi connectivity index (χ3n) is 5.89. The highest BCUT2D eigenvalue weighted by Gasteiger charge is 2.34. The molecule has 1 unspecified atom stereocenters. The smallest absolute Gasteiger partial charge is 0.417 e. The number of carbonyl (C=O) groups is 3. The number of hydrogen-bond donors (Lipinski definition) is 1. The highest BCUT2D eigenvalue weighted by Crippen LogP contribution is 2.21. The average molecular weight is 467 g/mol. The van der Waals surface area contributed by atoms with Crippen molar-refractivity contribution in [3.8, 4) is 0 Å². The second-order valence-corrected chi connectivity index (χ2v) is 8.12. The molecule has 0 saturated carbocycles. The topological polar surface area (TPSA) is 125 Å². The normalized spacial score (nSPS) is 14.5. The first kappa shape index (κ1) is 23.0. The second-order valence-electron chi connectivity index (χ2n) is 8.12. The largest absolute Gasteiger partial charge is 0.439 e. The lowest BCUT2D eigenvalue weighted by molar-refractivity contribution is -0.126. The summed E-state index contributed by atoms with van der Waals surface area (Å²) in [6.45, 7) is 1.88. The van der Waals surface area contributed by atoms with E-state index in [-0.39, 0.29) is 24.2 Å². The molecule has 1 fully saturated rings. The molecule has 0 bridgehead atoms. The van der Waals surface area contributed by atoms with Gasteiger partial charge >= 0.3 is 11.8 Å². The van der Waals surface area contributed by atoms with Crippen molar-refractivity contribution < 1.29 is 19.1 Å². The van der Waals surface area contributed by atoms with Crippen LogP contribution in [0.1, 0.15) is 35.4 Å². The molecule has 34 heavy (non-hydrogen) atoms. The van der Waals surface area contributed by atoms with E-state index in [1.54, 1.807) is 35.9 Å². The Morgan fingerprint density at radius 3 is 2.41 bits per heavy atom. The monoisotopic (exact) mass is 467 g/mol. The number of carbonyl (C=O) groups excluding carboxylic acids is 3. The molecule has 178 valence electrons. The van der Waals surface area contributed by atoms with Crippen LogP contribution in [0.5, 0.6) is 0 Å². The maximum atomic E-state index is 13.5. The van der Waals surface area contributed by atoms with E-state index in [4.69, 9.17) is 4.74 Å². The standard InChI is InChI=1S/C23H25N5O6/c1-4-10-27-17(11-15-20(27)25(2)22(32)26(3)21(15)31)19(30)24-16(14-8-6-5-7-9-14)12-28-18(29)13-34-23(28)33/h5-9,11,16H,4,10,12-13H2,1-3H3,(H,24,30). The van der Waals surface area contributed by atoms with Crippen molar-refractivity contribution in [3.63, 3.8) is 0 Å². The van der Waals surface area contributed by atoms with Crippen molar-refractivity contribution in [1.82, 2.24) is 23.9 Å². The SMILES string of the molecule is CCCn1c(C(=O)NC(CN2C(=O)COC2=O)c2ccccc2)cc2c(=O)n(C)c(=O)n(C)c21. The fourth-order valence-corrected chi connectivity index (χ4v) is 4.17. The maximum Gasteiger partial charge on any atom is 0.417 e. The van der Waals surface area contributed by atoms with E-state index in [0.717, 1.165) is 9.47 Å². The number of fused-ring (bicyclic) bond motifs is 1. The number of aryl methyl sites for hydroxylation is 2. The molecule has 1 aliphatic rings. The van der Waals surface area contributed by atoms with E-state index in [1.807, 2.05) is 13.0 Å². The molecule has 2 aromatic heterocycles. The van der Waals surface area contributed by atoms with Crippen LogP contribution in [0.3, 0.4) is 0 Å². The van der Waals surface area contributed by atoms with Crippen LogP contribution in [0.4, 0.5) is 4.79 Å². The first-order valence-corrected chi connectivity index (χ1v) is 10.9. The summed E-state index contributed by atoms with van der Waals surface area (Å²) in [5.41, 5.74) is 0.256. The number of amides is 3. The van der Waals surface area contributed by atoms with Crippen LogP contribution in [-0.4, -0.2) is 49.7 Å². The molecular weight excluding hydrogens is 442 g/mol. The quantitative estimate of drug-likeness (QED) is 0.551. The van der Waals surface area contributed by atoms with Crippen LogP contribution >= 0.6 is 0 Å². The van der Waals surface area contributed by atoms with E-state index >= 15 is 0 Å². The summed E-state index contributed by atoms with van der Waals surface area (Å²) in [6, 6.07) is 9.68. The van der Waals surface area contributed by atoms with Crippen molar-refractivity contribution in [3.05, 3.63) is 68.5 Å². The Morgan fingerprint density at radius 1 is 1.09 bits per heavy atom. The lowest BCUT2D eigenvalue weighted by Gasteiger charge is -2.23. The summed E-state index contributed by atoms with van der Waals surface area (Å²) in [4.78, 5) is 63.8. The van der Waals surface area contributed by atoms with Gasteiger partial charge in [-0.15, -0.1) is 0 Å². The summed E-state index contributed by atoms with van der Waals surface area (Å²) in [5.74, 6) is -0.994. The molecule has 4 rings (SSSR count). The number of cyclic esters (lactones) is 1. The Morgan fingerprint density at radius 2 is 1.79 bits per heavy atom. The molecule has 0 radical (unpaired) electrons. The molecule has 1 saturated heterocycles. The van der Waals surface area contributed by atoms with Crippen molar-refractivity contribution in [1.29, 1.82) is 0 Å². The zero-order valence-corrected chi connectivity index (χ0v) is 19.1. The summed E-state index contributed by atoms with van der Waals surface area (Å²) >= 11 is 0. The van der Waals surface area contributed by atoms with E-state index in [0.29, 0.717) is 24.2 Å². The number of imide groups is 1. The molecule has 1 N–H and O–H groups in total. The van der Waals surface area contributed by atoms with Gasteiger partial charge in [0.2, 0.25) is 0 Å². The first-order chi connectivity index (χ1) is 16.2. The van der Waals surface area contributed by atoms with E-state index in [1.165, 1.54) is 17.7 Å². The van der Waals surface area contributed by atoms with Crippen LogP contribution in [0.15, 0.2) is 46.0 Å². The Labute approximate surface area is 194 Å². The summed E-state index contributed by atoms with van der Waals surface area (Å²) in [6.07, 6.45) is -0.109. The Bertz CT molecular complexity index is 1390. The number of ether oxygens (including phenoxy) is 1. The zero-order valence-electron chi connectivity index (χ0n) is 19.1. The first-order valence-electron chi connectivity index (χ1n) is 10.9.